The number of aliphatic hydroxyl groups is 1. The van der Waals surface area contributed by atoms with E-state index >= 15 is 0 Å². The summed E-state index contributed by atoms with van der Waals surface area (Å²) in [6.07, 6.45) is 0. The predicted molar refractivity (Wildman–Crippen MR) is 132 cm³/mol. The van der Waals surface area contributed by atoms with Gasteiger partial charge in [-0.3, -0.25) is 19.3 Å². The number of carbonyl (C=O) groups is 3. The van der Waals surface area contributed by atoms with Crippen LogP contribution in [0.3, 0.4) is 0 Å². The molecule has 1 amide bonds. The summed E-state index contributed by atoms with van der Waals surface area (Å²) in [7, 11) is 1.38. The van der Waals surface area contributed by atoms with Gasteiger partial charge in [-0.25, -0.2) is 4.98 Å². The van der Waals surface area contributed by atoms with Crippen LogP contribution in [-0.4, -0.2) is 39.8 Å². The molecule has 1 aliphatic heterocycles. The molecule has 1 unspecified atom stereocenters. The zero-order valence-corrected chi connectivity index (χ0v) is 20.7. The second-order valence-electron chi connectivity index (χ2n) is 8.39. The largest absolute Gasteiger partial charge is 0.507 e. The summed E-state index contributed by atoms with van der Waals surface area (Å²) >= 11 is 1.00. The van der Waals surface area contributed by atoms with Gasteiger partial charge >= 0.3 is 5.91 Å². The zero-order chi connectivity index (χ0) is 25.6. The van der Waals surface area contributed by atoms with Gasteiger partial charge in [0.1, 0.15) is 5.76 Å². The van der Waals surface area contributed by atoms with Crippen molar-refractivity contribution in [3.8, 4) is 11.5 Å². The molecule has 0 aliphatic carbocycles. The molecular formula is C26H24N2O6S. The first-order valence-corrected chi connectivity index (χ1v) is 11.6. The number of aliphatic hydroxyl groups excluding tert-OH is 1. The number of anilines is 1. The third-order valence-corrected chi connectivity index (χ3v) is 7.18. The molecule has 180 valence electrons. The van der Waals surface area contributed by atoms with E-state index in [0.717, 1.165) is 22.5 Å². The van der Waals surface area contributed by atoms with E-state index in [1.54, 1.807) is 26.0 Å². The summed E-state index contributed by atoms with van der Waals surface area (Å²) in [6.45, 7) is 6.72. The van der Waals surface area contributed by atoms with Gasteiger partial charge in [0.15, 0.2) is 22.4 Å². The Morgan fingerprint density at radius 1 is 1.11 bits per heavy atom. The van der Waals surface area contributed by atoms with Gasteiger partial charge in [-0.05, 0) is 50.1 Å². The summed E-state index contributed by atoms with van der Waals surface area (Å²) in [5.41, 5.74) is 2.77. The minimum atomic E-state index is -1.06. The first kappa shape index (κ1) is 24.2. The van der Waals surface area contributed by atoms with Gasteiger partial charge in [0, 0.05) is 12.5 Å². The van der Waals surface area contributed by atoms with Crippen LogP contribution in [0.2, 0.25) is 0 Å². The van der Waals surface area contributed by atoms with Crippen molar-refractivity contribution >= 4 is 39.7 Å². The molecule has 2 aromatic carbocycles. The van der Waals surface area contributed by atoms with Gasteiger partial charge in [0.25, 0.3) is 5.78 Å². The van der Waals surface area contributed by atoms with Crippen molar-refractivity contribution in [2.75, 3.05) is 12.0 Å². The highest BCUT2D eigenvalue weighted by atomic mass is 32.1. The van der Waals surface area contributed by atoms with Gasteiger partial charge in [-0.15, -0.1) is 0 Å². The number of aromatic nitrogens is 1. The number of ketones is 2. The van der Waals surface area contributed by atoms with Crippen molar-refractivity contribution in [3.63, 3.8) is 0 Å². The number of aromatic hydroxyl groups is 1. The number of nitrogens with zero attached hydrogens (tertiary/aromatic N) is 2. The SMILES string of the molecule is COc1cc(C2C(=C(O)c3cc(C)ccc3C)C(=O)C(=O)N2c2nc(C)c(C(C)=O)s2)ccc1O. The van der Waals surface area contributed by atoms with E-state index in [9.17, 15) is 24.6 Å². The molecule has 2 heterocycles. The molecule has 35 heavy (non-hydrogen) atoms. The van der Waals surface area contributed by atoms with E-state index in [1.807, 2.05) is 19.1 Å². The van der Waals surface area contributed by atoms with E-state index in [2.05, 4.69) is 4.98 Å². The predicted octanol–water partition coefficient (Wildman–Crippen LogP) is 4.61. The van der Waals surface area contributed by atoms with Crippen molar-refractivity contribution in [1.82, 2.24) is 4.98 Å². The Morgan fingerprint density at radius 3 is 2.46 bits per heavy atom. The third-order valence-electron chi connectivity index (χ3n) is 5.92. The number of phenolic OH excluding ortho intramolecular Hbond substituents is 1. The number of hydrogen-bond donors (Lipinski definition) is 2. The maximum Gasteiger partial charge on any atom is 0.301 e. The van der Waals surface area contributed by atoms with Crippen LogP contribution in [-0.2, 0) is 9.59 Å². The number of thiazole rings is 1. The van der Waals surface area contributed by atoms with Gasteiger partial charge in [-0.2, -0.15) is 0 Å². The van der Waals surface area contributed by atoms with Gasteiger partial charge in [0.2, 0.25) is 0 Å². The Bertz CT molecular complexity index is 1420. The van der Waals surface area contributed by atoms with Crippen LogP contribution in [0.1, 0.15) is 50.6 Å². The molecule has 3 aromatic rings. The standard InChI is InChI=1S/C26H24N2O6S/c1-12-6-7-13(2)17(10-12)22(31)20-21(16-8-9-18(30)19(11-16)34-5)28(25(33)23(20)32)26-27-14(3)24(35-26)15(4)29/h6-11,21,30-31H,1-5H3. The fourth-order valence-corrected chi connectivity index (χ4v) is 5.15. The Kier molecular flexibility index (Phi) is 6.21. The minimum Gasteiger partial charge on any atom is -0.507 e. The Balaban J connectivity index is 2.01. The summed E-state index contributed by atoms with van der Waals surface area (Å²) in [5, 5.41) is 21.6. The molecule has 0 saturated carbocycles. The molecule has 1 aliphatic rings. The van der Waals surface area contributed by atoms with Crippen molar-refractivity contribution < 1.29 is 29.3 Å². The normalized spacial score (nSPS) is 17.2. The topological polar surface area (TPSA) is 117 Å². The second-order valence-corrected chi connectivity index (χ2v) is 9.36. The highest BCUT2D eigenvalue weighted by Gasteiger charge is 2.48. The number of hydrogen-bond acceptors (Lipinski definition) is 8. The molecule has 0 radical (unpaired) electrons. The van der Waals surface area contributed by atoms with Gasteiger partial charge in [0.05, 0.1) is 29.3 Å². The Morgan fingerprint density at radius 2 is 1.83 bits per heavy atom. The molecule has 0 bridgehead atoms. The van der Waals surface area contributed by atoms with E-state index in [0.29, 0.717) is 21.7 Å². The average Bonchev–Trinajstić information content (AvgIpc) is 3.32. The van der Waals surface area contributed by atoms with E-state index < -0.39 is 17.7 Å². The summed E-state index contributed by atoms with van der Waals surface area (Å²) in [5.74, 6) is -2.26. The lowest BCUT2D eigenvalue weighted by Gasteiger charge is -2.23. The lowest BCUT2D eigenvalue weighted by molar-refractivity contribution is -0.132. The molecule has 1 atom stereocenters. The zero-order valence-electron chi connectivity index (χ0n) is 19.9. The quantitative estimate of drug-likeness (QED) is 0.231. The Labute approximate surface area is 206 Å². The first-order valence-electron chi connectivity index (χ1n) is 10.8. The average molecular weight is 493 g/mol. The minimum absolute atomic E-state index is 0.117. The van der Waals surface area contributed by atoms with Crippen LogP contribution in [0.15, 0.2) is 42.0 Å². The number of methoxy groups -OCH3 is 1. The molecule has 8 nitrogen and oxygen atoms in total. The molecular weight excluding hydrogens is 468 g/mol. The molecule has 4 rings (SSSR count). The lowest BCUT2D eigenvalue weighted by atomic mass is 9.93. The number of Topliss-reactive ketones (excluding diaryl/α,β-unsaturated/α-hetero) is 2. The van der Waals surface area contributed by atoms with Crippen LogP contribution in [0, 0.1) is 20.8 Å². The number of carbonyl (C=O) groups excluding carboxylic acids is 3. The van der Waals surface area contributed by atoms with Crippen molar-refractivity contribution in [1.29, 1.82) is 0 Å². The monoisotopic (exact) mass is 492 g/mol. The summed E-state index contributed by atoms with van der Waals surface area (Å²) in [4.78, 5) is 44.7. The van der Waals surface area contributed by atoms with Crippen LogP contribution in [0.25, 0.3) is 5.76 Å². The second kappa shape index (κ2) is 8.99. The molecule has 1 fully saturated rings. The van der Waals surface area contributed by atoms with E-state index in [4.69, 9.17) is 4.74 Å². The van der Waals surface area contributed by atoms with Crippen LogP contribution in [0.4, 0.5) is 5.13 Å². The number of aryl methyl sites for hydroxylation is 3. The number of benzene rings is 2. The smallest absolute Gasteiger partial charge is 0.301 e. The van der Waals surface area contributed by atoms with Crippen molar-refractivity contribution in [3.05, 3.63) is 74.8 Å². The lowest BCUT2D eigenvalue weighted by Crippen LogP contribution is -2.29. The number of phenols is 1. The molecule has 1 aromatic heterocycles. The van der Waals surface area contributed by atoms with Crippen LogP contribution >= 0.6 is 11.3 Å². The summed E-state index contributed by atoms with van der Waals surface area (Å²) in [6, 6.07) is 8.83. The number of amides is 1. The molecule has 1 saturated heterocycles. The maximum absolute atomic E-state index is 13.4. The van der Waals surface area contributed by atoms with Gasteiger partial charge < -0.3 is 14.9 Å². The third kappa shape index (κ3) is 4.08. The van der Waals surface area contributed by atoms with Crippen LogP contribution < -0.4 is 9.64 Å². The summed E-state index contributed by atoms with van der Waals surface area (Å²) < 4.78 is 5.24. The Hall–Kier alpha value is -3.98. The van der Waals surface area contributed by atoms with Crippen molar-refractivity contribution in [2.24, 2.45) is 0 Å². The molecule has 2 N–H and O–H groups in total. The van der Waals surface area contributed by atoms with E-state index in [-0.39, 0.29) is 33.7 Å². The fourth-order valence-electron chi connectivity index (χ4n) is 4.16. The maximum atomic E-state index is 13.4. The highest BCUT2D eigenvalue weighted by Crippen LogP contribution is 2.45. The molecule has 0 spiro atoms. The van der Waals surface area contributed by atoms with Gasteiger partial charge in [-0.1, -0.05) is 35.1 Å². The number of ether oxygens (including phenoxy) is 1. The molecule has 9 heteroatoms. The highest BCUT2D eigenvalue weighted by molar-refractivity contribution is 7.18. The van der Waals surface area contributed by atoms with Crippen LogP contribution in [0.5, 0.6) is 11.5 Å². The first-order chi connectivity index (χ1) is 16.5. The van der Waals surface area contributed by atoms with Crippen molar-refractivity contribution in [2.45, 2.75) is 33.7 Å². The van der Waals surface area contributed by atoms with E-state index in [1.165, 1.54) is 31.1 Å². The fraction of sp³-hybridized carbons (Fsp3) is 0.231. The number of rotatable bonds is 5.